The zero-order chi connectivity index (χ0) is 9.10. The normalized spacial score (nSPS) is 14.8. The number of benzene rings is 1. The SMILES string of the molecule is NCc1ccc(C#CC2CC2)cc1. The Labute approximate surface area is 79.0 Å². The highest BCUT2D eigenvalue weighted by molar-refractivity contribution is 5.37. The maximum Gasteiger partial charge on any atom is 0.0245 e. The van der Waals surface area contributed by atoms with Crippen molar-refractivity contribution in [2.24, 2.45) is 11.7 Å². The zero-order valence-corrected chi connectivity index (χ0v) is 7.59. The molecule has 13 heavy (non-hydrogen) atoms. The van der Waals surface area contributed by atoms with Gasteiger partial charge in [-0.1, -0.05) is 24.0 Å². The molecular formula is C12H13N. The Bertz CT molecular complexity index is 336. The zero-order valence-electron chi connectivity index (χ0n) is 7.59. The largest absolute Gasteiger partial charge is 0.326 e. The average molecular weight is 171 g/mol. The first-order valence-corrected chi connectivity index (χ1v) is 4.69. The van der Waals surface area contributed by atoms with Crippen molar-refractivity contribution in [1.29, 1.82) is 0 Å². The van der Waals surface area contributed by atoms with Crippen molar-refractivity contribution in [3.8, 4) is 11.8 Å². The Morgan fingerprint density at radius 1 is 1.23 bits per heavy atom. The van der Waals surface area contributed by atoms with E-state index in [4.69, 9.17) is 5.73 Å². The lowest BCUT2D eigenvalue weighted by molar-refractivity contribution is 1.07. The van der Waals surface area contributed by atoms with Gasteiger partial charge in [0.2, 0.25) is 0 Å². The van der Waals surface area contributed by atoms with E-state index >= 15 is 0 Å². The molecule has 1 nitrogen and oxygen atoms in total. The first-order chi connectivity index (χ1) is 6.38. The Morgan fingerprint density at radius 3 is 2.46 bits per heavy atom. The van der Waals surface area contributed by atoms with Gasteiger partial charge >= 0.3 is 0 Å². The van der Waals surface area contributed by atoms with Crippen LogP contribution in [0.5, 0.6) is 0 Å². The summed E-state index contributed by atoms with van der Waals surface area (Å²) in [6.45, 7) is 0.607. The maximum atomic E-state index is 5.50. The van der Waals surface area contributed by atoms with Crippen LogP contribution in [0.4, 0.5) is 0 Å². The lowest BCUT2D eigenvalue weighted by atomic mass is 10.1. The van der Waals surface area contributed by atoms with Crippen LogP contribution in [-0.4, -0.2) is 0 Å². The van der Waals surface area contributed by atoms with Gasteiger partial charge in [0.1, 0.15) is 0 Å². The molecule has 0 amide bonds. The molecule has 0 aromatic heterocycles. The van der Waals surface area contributed by atoms with Crippen LogP contribution in [0.25, 0.3) is 0 Å². The molecule has 0 atom stereocenters. The van der Waals surface area contributed by atoms with E-state index < -0.39 is 0 Å². The lowest BCUT2D eigenvalue weighted by Gasteiger charge is -1.94. The minimum atomic E-state index is 0.607. The molecule has 0 radical (unpaired) electrons. The molecule has 2 N–H and O–H groups in total. The second kappa shape index (κ2) is 3.64. The third-order valence-electron chi connectivity index (χ3n) is 2.19. The van der Waals surface area contributed by atoms with Crippen molar-refractivity contribution in [3.05, 3.63) is 35.4 Å². The van der Waals surface area contributed by atoms with Gasteiger partial charge < -0.3 is 5.73 Å². The quantitative estimate of drug-likeness (QED) is 0.642. The summed E-state index contributed by atoms with van der Waals surface area (Å²) < 4.78 is 0. The first-order valence-electron chi connectivity index (χ1n) is 4.69. The van der Waals surface area contributed by atoms with Gasteiger partial charge in [-0.3, -0.25) is 0 Å². The van der Waals surface area contributed by atoms with Crippen LogP contribution in [0.3, 0.4) is 0 Å². The molecule has 66 valence electrons. The minimum Gasteiger partial charge on any atom is -0.326 e. The first kappa shape index (κ1) is 8.34. The van der Waals surface area contributed by atoms with Gasteiger partial charge in [-0.05, 0) is 30.5 Å². The van der Waals surface area contributed by atoms with Gasteiger partial charge in [0.15, 0.2) is 0 Å². The van der Waals surface area contributed by atoms with Gasteiger partial charge in [0, 0.05) is 18.0 Å². The number of nitrogens with two attached hydrogens (primary N) is 1. The molecule has 1 aliphatic carbocycles. The third-order valence-corrected chi connectivity index (χ3v) is 2.19. The molecule has 2 rings (SSSR count). The Balaban J connectivity index is 2.09. The van der Waals surface area contributed by atoms with Crippen molar-refractivity contribution in [1.82, 2.24) is 0 Å². The number of hydrogen-bond acceptors (Lipinski definition) is 1. The summed E-state index contributed by atoms with van der Waals surface area (Å²) in [5.74, 6) is 7.07. The van der Waals surface area contributed by atoms with E-state index in [1.54, 1.807) is 0 Å². The third kappa shape index (κ3) is 2.34. The maximum absolute atomic E-state index is 5.50. The van der Waals surface area contributed by atoms with Crippen molar-refractivity contribution < 1.29 is 0 Å². The van der Waals surface area contributed by atoms with E-state index in [1.165, 1.54) is 12.8 Å². The van der Waals surface area contributed by atoms with Gasteiger partial charge in [-0.15, -0.1) is 0 Å². The van der Waals surface area contributed by atoms with Crippen LogP contribution in [-0.2, 0) is 6.54 Å². The Morgan fingerprint density at radius 2 is 1.92 bits per heavy atom. The summed E-state index contributed by atoms with van der Waals surface area (Å²) in [6.07, 6.45) is 2.57. The van der Waals surface area contributed by atoms with Crippen LogP contribution in [0.15, 0.2) is 24.3 Å². The molecule has 0 heterocycles. The molecule has 0 spiro atoms. The van der Waals surface area contributed by atoms with Gasteiger partial charge in [-0.2, -0.15) is 0 Å². The van der Waals surface area contributed by atoms with E-state index in [0.29, 0.717) is 12.5 Å². The molecule has 0 unspecified atom stereocenters. The minimum absolute atomic E-state index is 0.607. The topological polar surface area (TPSA) is 26.0 Å². The molecule has 1 fully saturated rings. The molecule has 0 saturated heterocycles. The predicted molar refractivity (Wildman–Crippen MR) is 53.9 cm³/mol. The highest BCUT2D eigenvalue weighted by atomic mass is 14.5. The molecule has 1 aromatic carbocycles. The standard InChI is InChI=1S/C12H13N/c13-9-12-7-5-11(6-8-12)4-3-10-1-2-10/h5-8,10H,1-2,9,13H2. The Kier molecular flexibility index (Phi) is 2.33. The number of hydrogen-bond donors (Lipinski definition) is 1. The van der Waals surface area contributed by atoms with E-state index in [-0.39, 0.29) is 0 Å². The van der Waals surface area contributed by atoms with Crippen LogP contribution in [0.2, 0.25) is 0 Å². The summed E-state index contributed by atoms with van der Waals surface area (Å²) in [5, 5.41) is 0. The van der Waals surface area contributed by atoms with Crippen LogP contribution in [0, 0.1) is 17.8 Å². The van der Waals surface area contributed by atoms with Crippen LogP contribution >= 0.6 is 0 Å². The highest BCUT2D eigenvalue weighted by Gasteiger charge is 2.17. The van der Waals surface area contributed by atoms with Crippen LogP contribution < -0.4 is 5.73 Å². The molecule has 1 aromatic rings. The summed E-state index contributed by atoms with van der Waals surface area (Å²) in [6, 6.07) is 8.16. The van der Waals surface area contributed by atoms with Gasteiger partial charge in [-0.25, -0.2) is 0 Å². The summed E-state index contributed by atoms with van der Waals surface area (Å²) in [4.78, 5) is 0. The molecular weight excluding hydrogens is 158 g/mol. The molecule has 0 aliphatic heterocycles. The van der Waals surface area contributed by atoms with E-state index in [1.807, 2.05) is 24.3 Å². The average Bonchev–Trinajstić information content (AvgIpc) is 2.99. The highest BCUT2D eigenvalue weighted by Crippen LogP contribution is 2.27. The summed E-state index contributed by atoms with van der Waals surface area (Å²) >= 11 is 0. The fourth-order valence-electron chi connectivity index (χ4n) is 1.14. The van der Waals surface area contributed by atoms with Crippen molar-refractivity contribution in [3.63, 3.8) is 0 Å². The van der Waals surface area contributed by atoms with E-state index in [2.05, 4.69) is 11.8 Å². The molecule has 0 bridgehead atoms. The van der Waals surface area contributed by atoms with Crippen LogP contribution in [0.1, 0.15) is 24.0 Å². The van der Waals surface area contributed by atoms with Gasteiger partial charge in [0.25, 0.3) is 0 Å². The molecule has 1 saturated carbocycles. The summed E-state index contributed by atoms with van der Waals surface area (Å²) in [5.41, 5.74) is 7.76. The molecule has 1 aliphatic rings. The van der Waals surface area contributed by atoms with E-state index in [0.717, 1.165) is 11.1 Å². The summed E-state index contributed by atoms with van der Waals surface area (Å²) in [7, 11) is 0. The Hall–Kier alpha value is -1.26. The van der Waals surface area contributed by atoms with Gasteiger partial charge in [0.05, 0.1) is 0 Å². The smallest absolute Gasteiger partial charge is 0.0245 e. The number of rotatable bonds is 1. The lowest BCUT2D eigenvalue weighted by Crippen LogP contribution is -1.95. The molecule has 1 heteroatoms. The monoisotopic (exact) mass is 171 g/mol. The predicted octanol–water partition coefficient (Wildman–Crippen LogP) is 1.91. The fraction of sp³-hybridized carbons (Fsp3) is 0.333. The second-order valence-electron chi connectivity index (χ2n) is 3.44. The van der Waals surface area contributed by atoms with E-state index in [9.17, 15) is 0 Å². The second-order valence-corrected chi connectivity index (χ2v) is 3.44. The van der Waals surface area contributed by atoms with Crippen molar-refractivity contribution >= 4 is 0 Å². The van der Waals surface area contributed by atoms with Crippen molar-refractivity contribution in [2.75, 3.05) is 0 Å². The van der Waals surface area contributed by atoms with Crippen molar-refractivity contribution in [2.45, 2.75) is 19.4 Å². The fourth-order valence-corrected chi connectivity index (χ4v) is 1.14.